The van der Waals surface area contributed by atoms with Crippen LogP contribution in [0, 0.1) is 0 Å². The number of aliphatic imine (C=N–C) groups is 1. The number of amides is 2. The van der Waals surface area contributed by atoms with E-state index >= 15 is 0 Å². The molecule has 6 rings (SSSR count). The molecule has 0 saturated heterocycles. The summed E-state index contributed by atoms with van der Waals surface area (Å²) in [6.45, 7) is 2.37. The number of halogens is 1. The molecule has 0 fully saturated rings. The van der Waals surface area contributed by atoms with E-state index in [0.717, 1.165) is 41.1 Å². The molecule has 3 aliphatic heterocycles. The van der Waals surface area contributed by atoms with E-state index in [2.05, 4.69) is 20.9 Å². The van der Waals surface area contributed by atoms with Crippen molar-refractivity contribution in [1.82, 2.24) is 10.2 Å². The zero-order chi connectivity index (χ0) is 26.9. The quantitative estimate of drug-likeness (QED) is 0.344. The molecule has 4 N–H and O–H groups in total. The highest BCUT2D eigenvalue weighted by Gasteiger charge is 2.35. The lowest BCUT2D eigenvalue weighted by molar-refractivity contribution is -0.138. The molecule has 2 amide bonds. The maximum absolute atomic E-state index is 13.5. The Bertz CT molecular complexity index is 1520. The third kappa shape index (κ3) is 5.43. The molecule has 206 valence electrons. The fourth-order valence-corrected chi connectivity index (χ4v) is 5.20. The molecule has 3 heterocycles. The number of carboxylic acid groups (broad SMARTS) is 1. The van der Waals surface area contributed by atoms with Crippen LogP contribution in [0.4, 0.5) is 11.4 Å². The number of benzene rings is 3. The second kappa shape index (κ2) is 11.3. The van der Waals surface area contributed by atoms with E-state index in [1.54, 1.807) is 41.3 Å². The van der Waals surface area contributed by atoms with Gasteiger partial charge in [0, 0.05) is 42.0 Å². The maximum atomic E-state index is 13.5. The van der Waals surface area contributed by atoms with Gasteiger partial charge >= 0.3 is 5.97 Å². The summed E-state index contributed by atoms with van der Waals surface area (Å²) in [6, 6.07) is 17.3. The first-order valence-electron chi connectivity index (χ1n) is 12.8. The molecule has 0 spiro atoms. The number of guanidine groups is 1. The van der Waals surface area contributed by atoms with Crippen LogP contribution in [-0.4, -0.2) is 53.4 Å². The fraction of sp³-hybridized carbons (Fsp3) is 0.241. The lowest BCUT2D eigenvalue weighted by Gasteiger charge is -2.27. The highest BCUT2D eigenvalue weighted by Crippen LogP contribution is 2.37. The summed E-state index contributed by atoms with van der Waals surface area (Å²) in [4.78, 5) is 44.2. The topological polar surface area (TPSA) is 132 Å². The first-order valence-corrected chi connectivity index (χ1v) is 12.8. The van der Waals surface area contributed by atoms with Gasteiger partial charge in [-0.3, -0.25) is 19.4 Å². The molecule has 3 aliphatic rings. The first-order chi connectivity index (χ1) is 18.9. The zero-order valence-electron chi connectivity index (χ0n) is 21.5. The average molecular weight is 562 g/mol. The molecule has 0 aromatic heterocycles. The van der Waals surface area contributed by atoms with Gasteiger partial charge in [0.15, 0.2) is 5.96 Å². The standard InChI is InChI=1S/C29H27N5O5.ClH/c35-26(36)15-24(17-5-7-25-18(12-17)8-11-39-25)34-16-20-4-6-22(14-23(20)28(34)38)32-27(37)19-2-1-3-21(13-19)33-29-30-9-10-31-29;/h1-7,12-14,24H,8-11,15-16H2,(H,32,37)(H,35,36)(H2,30,31,33);1H. The molecule has 10 nitrogen and oxygen atoms in total. The Hall–Kier alpha value is -4.57. The first kappa shape index (κ1) is 27.0. The van der Waals surface area contributed by atoms with Gasteiger partial charge in [0.2, 0.25) is 0 Å². The third-order valence-corrected chi connectivity index (χ3v) is 7.10. The van der Waals surface area contributed by atoms with Crippen molar-refractivity contribution < 1.29 is 24.2 Å². The van der Waals surface area contributed by atoms with Gasteiger partial charge in [-0.25, -0.2) is 0 Å². The predicted molar refractivity (Wildman–Crippen MR) is 153 cm³/mol. The van der Waals surface area contributed by atoms with Gasteiger partial charge in [0.25, 0.3) is 11.8 Å². The molecule has 1 unspecified atom stereocenters. The van der Waals surface area contributed by atoms with E-state index in [9.17, 15) is 19.5 Å². The molecule has 0 aliphatic carbocycles. The zero-order valence-corrected chi connectivity index (χ0v) is 22.3. The SMILES string of the molecule is Cl.O=C(O)CC(c1ccc2c(c1)CCO2)N1Cc2ccc(NC(=O)c3cccc(NC4=NCCN4)c3)cc2C1=O. The van der Waals surface area contributed by atoms with Gasteiger partial charge in [-0.1, -0.05) is 18.2 Å². The minimum absolute atomic E-state index is 0. The molecular formula is C29H28ClN5O5. The number of hydrogen-bond donors (Lipinski definition) is 4. The van der Waals surface area contributed by atoms with Crippen LogP contribution in [-0.2, 0) is 17.8 Å². The number of nitrogens with one attached hydrogen (secondary N) is 3. The van der Waals surface area contributed by atoms with Crippen molar-refractivity contribution in [3.8, 4) is 5.75 Å². The number of carbonyl (C=O) groups is 3. The van der Waals surface area contributed by atoms with Crippen LogP contribution in [0.2, 0.25) is 0 Å². The van der Waals surface area contributed by atoms with E-state index in [1.807, 2.05) is 24.3 Å². The summed E-state index contributed by atoms with van der Waals surface area (Å²) in [7, 11) is 0. The van der Waals surface area contributed by atoms with Gasteiger partial charge in [0.1, 0.15) is 5.75 Å². The summed E-state index contributed by atoms with van der Waals surface area (Å²) in [5.74, 6) is -0.0920. The molecule has 3 aromatic carbocycles. The number of anilines is 2. The average Bonchev–Trinajstić information content (AvgIpc) is 3.68. The highest BCUT2D eigenvalue weighted by atomic mass is 35.5. The molecule has 1 atom stereocenters. The van der Waals surface area contributed by atoms with E-state index in [0.29, 0.717) is 42.5 Å². The van der Waals surface area contributed by atoms with Crippen molar-refractivity contribution >= 4 is 47.5 Å². The van der Waals surface area contributed by atoms with Gasteiger partial charge < -0.3 is 30.7 Å². The van der Waals surface area contributed by atoms with Crippen LogP contribution in [0.25, 0.3) is 0 Å². The summed E-state index contributed by atoms with van der Waals surface area (Å²) in [5, 5.41) is 18.8. The van der Waals surface area contributed by atoms with Crippen molar-refractivity contribution in [3.63, 3.8) is 0 Å². The summed E-state index contributed by atoms with van der Waals surface area (Å²) >= 11 is 0. The fourth-order valence-electron chi connectivity index (χ4n) is 5.20. The van der Waals surface area contributed by atoms with Crippen LogP contribution >= 0.6 is 12.4 Å². The molecule has 11 heteroatoms. The third-order valence-electron chi connectivity index (χ3n) is 7.10. The Kier molecular flexibility index (Phi) is 7.61. The molecular weight excluding hydrogens is 534 g/mol. The van der Waals surface area contributed by atoms with Crippen molar-refractivity contribution in [2.75, 3.05) is 30.3 Å². The molecule has 0 bridgehead atoms. The second-order valence-electron chi connectivity index (χ2n) is 9.70. The van der Waals surface area contributed by atoms with E-state index in [-0.39, 0.29) is 30.6 Å². The lowest BCUT2D eigenvalue weighted by atomic mass is 9.99. The smallest absolute Gasteiger partial charge is 0.305 e. The van der Waals surface area contributed by atoms with Crippen molar-refractivity contribution in [3.05, 3.63) is 88.5 Å². The second-order valence-corrected chi connectivity index (χ2v) is 9.70. The molecule has 3 aromatic rings. The van der Waals surface area contributed by atoms with Crippen molar-refractivity contribution in [1.29, 1.82) is 0 Å². The Morgan fingerprint density at radius 2 is 1.95 bits per heavy atom. The number of ether oxygens (including phenoxy) is 1. The Balaban J connectivity index is 0.00000323. The van der Waals surface area contributed by atoms with Gasteiger partial charge in [-0.2, -0.15) is 0 Å². The van der Waals surface area contributed by atoms with Crippen LogP contribution in [0.3, 0.4) is 0 Å². The Labute approximate surface area is 236 Å². The summed E-state index contributed by atoms with van der Waals surface area (Å²) in [6.07, 6.45) is 0.542. The van der Waals surface area contributed by atoms with Gasteiger partial charge in [-0.15, -0.1) is 12.4 Å². The van der Waals surface area contributed by atoms with E-state index in [4.69, 9.17) is 4.74 Å². The van der Waals surface area contributed by atoms with Gasteiger partial charge in [-0.05, 0) is 59.2 Å². The number of carboxylic acids is 1. The number of rotatable bonds is 7. The molecule has 0 saturated carbocycles. The predicted octanol–water partition coefficient (Wildman–Crippen LogP) is 3.84. The Morgan fingerprint density at radius 1 is 1.07 bits per heavy atom. The number of nitrogens with zero attached hydrogens (tertiary/aromatic N) is 2. The molecule has 0 radical (unpaired) electrons. The summed E-state index contributed by atoms with van der Waals surface area (Å²) < 4.78 is 5.58. The maximum Gasteiger partial charge on any atom is 0.305 e. The number of carbonyl (C=O) groups excluding carboxylic acids is 2. The van der Waals surface area contributed by atoms with Crippen molar-refractivity contribution in [2.45, 2.75) is 25.4 Å². The van der Waals surface area contributed by atoms with Crippen LogP contribution in [0.15, 0.2) is 65.7 Å². The monoisotopic (exact) mass is 561 g/mol. The van der Waals surface area contributed by atoms with Crippen LogP contribution in [0.1, 0.15) is 49.9 Å². The largest absolute Gasteiger partial charge is 0.493 e. The summed E-state index contributed by atoms with van der Waals surface area (Å²) in [5.41, 5.74) is 4.70. The van der Waals surface area contributed by atoms with Crippen LogP contribution < -0.4 is 20.7 Å². The normalized spacial score (nSPS) is 15.7. The minimum Gasteiger partial charge on any atom is -0.493 e. The Morgan fingerprint density at radius 3 is 2.75 bits per heavy atom. The number of fused-ring (bicyclic) bond motifs is 2. The molecule has 40 heavy (non-hydrogen) atoms. The van der Waals surface area contributed by atoms with E-state index < -0.39 is 12.0 Å². The number of hydrogen-bond acceptors (Lipinski definition) is 7. The van der Waals surface area contributed by atoms with E-state index in [1.165, 1.54) is 0 Å². The van der Waals surface area contributed by atoms with Crippen LogP contribution in [0.5, 0.6) is 5.75 Å². The minimum atomic E-state index is -0.985. The highest BCUT2D eigenvalue weighted by molar-refractivity contribution is 6.07. The van der Waals surface area contributed by atoms with Crippen molar-refractivity contribution in [2.24, 2.45) is 4.99 Å². The lowest BCUT2D eigenvalue weighted by Crippen LogP contribution is -2.31. The van der Waals surface area contributed by atoms with Gasteiger partial charge in [0.05, 0.1) is 25.6 Å². The number of aliphatic carboxylic acids is 1.